The molecule has 0 heterocycles. The molecule has 1 rings (SSSR count). The van der Waals surface area contributed by atoms with Gasteiger partial charge in [-0.25, -0.2) is 4.39 Å². The second-order valence-corrected chi connectivity index (χ2v) is 4.59. The van der Waals surface area contributed by atoms with E-state index in [-0.39, 0.29) is 17.6 Å². The molecule has 0 bridgehead atoms. The maximum Gasteiger partial charge on any atom is 0.161 e. The second-order valence-electron chi connectivity index (χ2n) is 4.59. The van der Waals surface area contributed by atoms with Gasteiger partial charge in [-0.3, -0.25) is 4.79 Å². The van der Waals surface area contributed by atoms with E-state index in [0.717, 1.165) is 5.69 Å². The van der Waals surface area contributed by atoms with E-state index >= 15 is 0 Å². The average Bonchev–Trinajstić information content (AvgIpc) is 2.31. The third kappa shape index (κ3) is 3.07. The van der Waals surface area contributed by atoms with Gasteiger partial charge in [0.05, 0.1) is 6.61 Å². The fourth-order valence-electron chi connectivity index (χ4n) is 1.83. The molecule has 0 aliphatic rings. The molecule has 1 aromatic rings. The third-order valence-corrected chi connectivity index (χ3v) is 3.11. The largest absolute Gasteiger partial charge is 0.383 e. The molecule has 1 aromatic carbocycles. The SMILES string of the molecule is COCC(C)N(C)c1cc(C)c(F)cc1C(C)=O. The fourth-order valence-corrected chi connectivity index (χ4v) is 1.83. The van der Waals surface area contributed by atoms with Crippen LogP contribution >= 0.6 is 0 Å². The van der Waals surface area contributed by atoms with E-state index in [1.54, 1.807) is 20.1 Å². The van der Waals surface area contributed by atoms with Crippen molar-refractivity contribution in [2.45, 2.75) is 26.8 Å². The highest BCUT2D eigenvalue weighted by Crippen LogP contribution is 2.25. The Morgan fingerprint density at radius 2 is 2.11 bits per heavy atom. The van der Waals surface area contributed by atoms with Crippen LogP contribution in [0, 0.1) is 12.7 Å². The number of hydrogen-bond donors (Lipinski definition) is 0. The monoisotopic (exact) mass is 253 g/mol. The van der Waals surface area contributed by atoms with Crippen LogP contribution in [0.25, 0.3) is 0 Å². The summed E-state index contributed by atoms with van der Waals surface area (Å²) in [5.74, 6) is -0.489. The molecule has 0 spiro atoms. The van der Waals surface area contributed by atoms with Crippen LogP contribution in [0.15, 0.2) is 12.1 Å². The molecule has 0 amide bonds. The van der Waals surface area contributed by atoms with Gasteiger partial charge in [0, 0.05) is 31.5 Å². The molecular formula is C14H20FNO2. The molecule has 0 radical (unpaired) electrons. The molecule has 1 atom stereocenters. The molecular weight excluding hydrogens is 233 g/mol. The van der Waals surface area contributed by atoms with Gasteiger partial charge in [-0.1, -0.05) is 0 Å². The summed E-state index contributed by atoms with van der Waals surface area (Å²) in [6.07, 6.45) is 0. The number of carbonyl (C=O) groups is 1. The third-order valence-electron chi connectivity index (χ3n) is 3.11. The van der Waals surface area contributed by atoms with Crippen molar-refractivity contribution >= 4 is 11.5 Å². The van der Waals surface area contributed by atoms with Crippen LogP contribution in [-0.2, 0) is 4.74 Å². The quantitative estimate of drug-likeness (QED) is 0.756. The zero-order chi connectivity index (χ0) is 13.9. The number of ketones is 1. The molecule has 0 aliphatic carbocycles. The van der Waals surface area contributed by atoms with Gasteiger partial charge >= 0.3 is 0 Å². The van der Waals surface area contributed by atoms with E-state index in [0.29, 0.717) is 17.7 Å². The van der Waals surface area contributed by atoms with Gasteiger partial charge in [-0.2, -0.15) is 0 Å². The predicted octanol–water partition coefficient (Wildman–Crippen LogP) is 2.81. The van der Waals surface area contributed by atoms with Crippen LogP contribution in [-0.4, -0.2) is 32.6 Å². The van der Waals surface area contributed by atoms with Crippen LogP contribution in [0.5, 0.6) is 0 Å². The zero-order valence-corrected chi connectivity index (χ0v) is 11.6. The molecule has 0 aliphatic heterocycles. The van der Waals surface area contributed by atoms with Gasteiger partial charge in [0.15, 0.2) is 5.78 Å². The number of benzene rings is 1. The normalized spacial score (nSPS) is 12.3. The summed E-state index contributed by atoms with van der Waals surface area (Å²) < 4.78 is 18.6. The first kappa shape index (κ1) is 14.6. The Hall–Kier alpha value is -1.42. The number of likely N-dealkylation sites (N-methyl/N-ethyl adjacent to an activating group) is 1. The summed E-state index contributed by atoms with van der Waals surface area (Å²) in [4.78, 5) is 13.5. The molecule has 0 saturated carbocycles. The number of aryl methyl sites for hydroxylation is 1. The Bertz CT molecular complexity index is 446. The number of carbonyl (C=O) groups excluding carboxylic acids is 1. The molecule has 1 unspecified atom stereocenters. The van der Waals surface area contributed by atoms with E-state index in [2.05, 4.69) is 0 Å². The molecule has 0 fully saturated rings. The highest BCUT2D eigenvalue weighted by atomic mass is 19.1. The number of hydrogen-bond acceptors (Lipinski definition) is 3. The maximum atomic E-state index is 13.5. The van der Waals surface area contributed by atoms with Gasteiger partial charge in [0.1, 0.15) is 5.82 Å². The molecule has 4 heteroatoms. The molecule has 3 nitrogen and oxygen atoms in total. The summed E-state index contributed by atoms with van der Waals surface area (Å²) in [6.45, 7) is 5.68. The summed E-state index contributed by atoms with van der Waals surface area (Å²) in [6, 6.07) is 3.12. The first-order valence-corrected chi connectivity index (χ1v) is 5.91. The van der Waals surface area contributed by atoms with Gasteiger partial charge in [-0.05, 0) is 38.5 Å². The minimum atomic E-state index is -0.350. The van der Waals surface area contributed by atoms with Crippen LogP contribution in [0.2, 0.25) is 0 Å². The molecule has 18 heavy (non-hydrogen) atoms. The van der Waals surface area contributed by atoms with Crippen molar-refractivity contribution in [3.05, 3.63) is 29.1 Å². The van der Waals surface area contributed by atoms with Crippen molar-refractivity contribution in [1.29, 1.82) is 0 Å². The van der Waals surface area contributed by atoms with Gasteiger partial charge in [0.25, 0.3) is 0 Å². The van der Waals surface area contributed by atoms with Crippen LogP contribution in [0.1, 0.15) is 29.8 Å². The van der Waals surface area contributed by atoms with E-state index in [4.69, 9.17) is 4.74 Å². The lowest BCUT2D eigenvalue weighted by atomic mass is 10.0. The van der Waals surface area contributed by atoms with E-state index in [1.165, 1.54) is 13.0 Å². The van der Waals surface area contributed by atoms with Crippen molar-refractivity contribution in [3.8, 4) is 0 Å². The van der Waals surface area contributed by atoms with E-state index < -0.39 is 0 Å². The highest BCUT2D eigenvalue weighted by molar-refractivity contribution is 5.99. The van der Waals surface area contributed by atoms with E-state index in [1.807, 2.05) is 18.9 Å². The maximum absolute atomic E-state index is 13.5. The van der Waals surface area contributed by atoms with Crippen molar-refractivity contribution < 1.29 is 13.9 Å². The minimum Gasteiger partial charge on any atom is -0.383 e. The minimum absolute atomic E-state index is 0.109. The number of anilines is 1. The standard InChI is InChI=1S/C14H20FNO2/c1-9-6-14(16(4)10(2)8-18-5)12(11(3)17)7-13(9)15/h6-7,10H,8H2,1-5H3. The van der Waals surface area contributed by atoms with Crippen LogP contribution < -0.4 is 4.90 Å². The lowest BCUT2D eigenvalue weighted by Gasteiger charge is -2.28. The average molecular weight is 253 g/mol. The summed E-state index contributed by atoms with van der Waals surface area (Å²) >= 11 is 0. The molecule has 0 aromatic heterocycles. The number of nitrogens with zero attached hydrogens (tertiary/aromatic N) is 1. The van der Waals surface area contributed by atoms with Gasteiger partial charge in [-0.15, -0.1) is 0 Å². The van der Waals surface area contributed by atoms with Crippen molar-refractivity contribution in [3.63, 3.8) is 0 Å². The lowest BCUT2D eigenvalue weighted by molar-refractivity contribution is 0.101. The Labute approximate surface area is 108 Å². The van der Waals surface area contributed by atoms with Crippen molar-refractivity contribution in [1.82, 2.24) is 0 Å². The Kier molecular flexibility index (Phi) is 4.84. The molecule has 0 saturated heterocycles. The molecule has 0 N–H and O–H groups in total. The topological polar surface area (TPSA) is 29.5 Å². The lowest BCUT2D eigenvalue weighted by Crippen LogP contribution is -2.33. The van der Waals surface area contributed by atoms with Gasteiger partial charge in [0.2, 0.25) is 0 Å². The number of ether oxygens (including phenoxy) is 1. The fraction of sp³-hybridized carbons (Fsp3) is 0.500. The Morgan fingerprint density at radius 3 is 2.61 bits per heavy atom. The summed E-state index contributed by atoms with van der Waals surface area (Å²) in [7, 11) is 3.51. The number of halogens is 1. The van der Waals surface area contributed by atoms with Crippen molar-refractivity contribution in [2.24, 2.45) is 0 Å². The number of rotatable bonds is 5. The summed E-state index contributed by atoms with van der Waals surface area (Å²) in [5.41, 5.74) is 1.68. The van der Waals surface area contributed by atoms with Crippen LogP contribution in [0.4, 0.5) is 10.1 Å². The van der Waals surface area contributed by atoms with Gasteiger partial charge < -0.3 is 9.64 Å². The van der Waals surface area contributed by atoms with E-state index in [9.17, 15) is 9.18 Å². The number of methoxy groups -OCH3 is 1. The van der Waals surface area contributed by atoms with Crippen LogP contribution in [0.3, 0.4) is 0 Å². The smallest absolute Gasteiger partial charge is 0.161 e. The first-order valence-electron chi connectivity index (χ1n) is 5.91. The predicted molar refractivity (Wildman–Crippen MR) is 70.9 cm³/mol. The van der Waals surface area contributed by atoms with Crippen molar-refractivity contribution in [2.75, 3.05) is 25.7 Å². The molecule has 100 valence electrons. The second kappa shape index (κ2) is 5.96. The zero-order valence-electron chi connectivity index (χ0n) is 11.6. The number of Topliss-reactive ketones (excluding diaryl/α,β-unsaturated/α-hetero) is 1. The Balaban J connectivity index is 3.21. The Morgan fingerprint density at radius 1 is 1.50 bits per heavy atom. The first-order chi connectivity index (χ1) is 8.38. The highest BCUT2D eigenvalue weighted by Gasteiger charge is 2.18. The summed E-state index contributed by atoms with van der Waals surface area (Å²) in [5, 5.41) is 0.